The van der Waals surface area contributed by atoms with Crippen LogP contribution in [0.15, 0.2) is 9.90 Å². The van der Waals surface area contributed by atoms with Gasteiger partial charge >= 0.3 is 0 Å². The van der Waals surface area contributed by atoms with Crippen LogP contribution >= 0.6 is 11.3 Å². The Hall–Kier alpha value is -1.76. The molecule has 0 spiro atoms. The quantitative estimate of drug-likeness (QED) is 0.832. The van der Waals surface area contributed by atoms with Crippen LogP contribution in [0.2, 0.25) is 0 Å². The molecule has 2 aromatic rings. The van der Waals surface area contributed by atoms with Crippen LogP contribution in [0, 0.1) is 6.92 Å². The average Bonchev–Trinajstić information content (AvgIpc) is 3.18. The predicted molar refractivity (Wildman–Crippen MR) is 90.0 cm³/mol. The predicted octanol–water partition coefficient (Wildman–Crippen LogP) is 3.05. The van der Waals surface area contributed by atoms with Crippen molar-refractivity contribution in [3.8, 4) is 0 Å². The van der Waals surface area contributed by atoms with Crippen molar-refractivity contribution < 1.29 is 9.32 Å². The molecule has 0 radical (unpaired) electrons. The number of rotatable bonds is 5. The molecule has 1 saturated carbocycles. The zero-order chi connectivity index (χ0) is 16.5. The molecule has 1 aliphatic carbocycles. The molecule has 4 rings (SSSR count). The first-order valence-corrected chi connectivity index (χ1v) is 9.59. The summed E-state index contributed by atoms with van der Waals surface area (Å²) in [5.41, 5.74) is 1.07. The number of aryl methyl sites for hydroxylation is 2. The molecule has 1 saturated heterocycles. The minimum atomic E-state index is 0.180. The lowest BCUT2D eigenvalue weighted by atomic mass is 9.98. The largest absolute Gasteiger partial charge is 0.342 e. The van der Waals surface area contributed by atoms with Gasteiger partial charge in [-0.2, -0.15) is 4.98 Å². The monoisotopic (exact) mass is 346 g/mol. The molecule has 7 heteroatoms. The molecule has 0 aromatic carbocycles. The lowest BCUT2D eigenvalue weighted by Crippen LogP contribution is -2.39. The third-order valence-corrected chi connectivity index (χ3v) is 5.86. The summed E-state index contributed by atoms with van der Waals surface area (Å²) < 4.78 is 5.26. The van der Waals surface area contributed by atoms with Crippen LogP contribution in [0.1, 0.15) is 66.4 Å². The van der Waals surface area contributed by atoms with Crippen LogP contribution in [-0.4, -0.2) is 39.0 Å². The number of piperidine rings is 1. The van der Waals surface area contributed by atoms with E-state index in [1.54, 1.807) is 11.3 Å². The summed E-state index contributed by atoms with van der Waals surface area (Å²) in [6.45, 7) is 3.64. The summed E-state index contributed by atoms with van der Waals surface area (Å²) in [5, 5.41) is 7.25. The van der Waals surface area contributed by atoms with Gasteiger partial charge in [0.1, 0.15) is 0 Å². The molecule has 6 nitrogen and oxygen atoms in total. The molecule has 1 atom stereocenters. The number of thiazole rings is 1. The standard InChI is InChI=1S/C17H22N4O2S/c1-11-10-24-17(18-11)13-3-2-8-21(9-13)15(22)7-6-14-19-16(20-23-14)12-4-5-12/h10,12-13H,2-9H2,1H3. The molecule has 1 amide bonds. The normalized spacial score (nSPS) is 21.2. The van der Waals surface area contributed by atoms with Gasteiger partial charge in [-0.25, -0.2) is 4.98 Å². The van der Waals surface area contributed by atoms with Crippen molar-refractivity contribution in [1.82, 2.24) is 20.0 Å². The number of carbonyl (C=O) groups excluding carboxylic acids is 1. The summed E-state index contributed by atoms with van der Waals surface area (Å²) >= 11 is 1.71. The van der Waals surface area contributed by atoms with Crippen LogP contribution in [-0.2, 0) is 11.2 Å². The molecular weight excluding hydrogens is 324 g/mol. The van der Waals surface area contributed by atoms with Gasteiger partial charge in [-0.05, 0) is 32.6 Å². The molecule has 128 valence electrons. The first kappa shape index (κ1) is 15.7. The Kier molecular flexibility index (Phi) is 4.35. The first-order valence-electron chi connectivity index (χ1n) is 8.71. The summed E-state index contributed by atoms with van der Waals surface area (Å²) in [4.78, 5) is 23.5. The van der Waals surface area contributed by atoms with Crippen molar-refractivity contribution in [2.45, 2.75) is 57.3 Å². The van der Waals surface area contributed by atoms with E-state index in [0.717, 1.165) is 55.3 Å². The molecule has 2 fully saturated rings. The summed E-state index contributed by atoms with van der Waals surface area (Å²) in [7, 11) is 0. The van der Waals surface area contributed by atoms with E-state index < -0.39 is 0 Å². The number of hydrogen-bond donors (Lipinski definition) is 0. The van der Waals surface area contributed by atoms with Gasteiger partial charge in [0.2, 0.25) is 11.8 Å². The van der Waals surface area contributed by atoms with Crippen molar-refractivity contribution in [3.05, 3.63) is 27.8 Å². The average molecular weight is 346 g/mol. The molecule has 0 bridgehead atoms. The van der Waals surface area contributed by atoms with Gasteiger partial charge in [0.05, 0.1) is 5.01 Å². The lowest BCUT2D eigenvalue weighted by Gasteiger charge is -2.31. The second kappa shape index (κ2) is 6.63. The Morgan fingerprint density at radius 1 is 1.33 bits per heavy atom. The Bertz CT molecular complexity index is 722. The minimum absolute atomic E-state index is 0.180. The lowest BCUT2D eigenvalue weighted by molar-refractivity contribution is -0.132. The molecule has 0 N–H and O–H groups in total. The van der Waals surface area contributed by atoms with Gasteiger partial charge in [-0.15, -0.1) is 11.3 Å². The third-order valence-electron chi connectivity index (χ3n) is 4.74. The van der Waals surface area contributed by atoms with Gasteiger partial charge in [0.15, 0.2) is 5.82 Å². The van der Waals surface area contributed by atoms with Gasteiger partial charge in [-0.3, -0.25) is 4.79 Å². The summed E-state index contributed by atoms with van der Waals surface area (Å²) in [5.74, 6) is 2.46. The zero-order valence-electron chi connectivity index (χ0n) is 13.9. The molecule has 1 unspecified atom stereocenters. The maximum absolute atomic E-state index is 12.5. The van der Waals surface area contributed by atoms with E-state index in [2.05, 4.69) is 20.5 Å². The van der Waals surface area contributed by atoms with Gasteiger partial charge in [0.25, 0.3) is 0 Å². The first-order chi connectivity index (χ1) is 11.7. The Morgan fingerprint density at radius 3 is 2.96 bits per heavy atom. The summed E-state index contributed by atoms with van der Waals surface area (Å²) in [6, 6.07) is 0. The Labute approximate surface area is 145 Å². The highest BCUT2D eigenvalue weighted by atomic mass is 32.1. The highest BCUT2D eigenvalue weighted by Gasteiger charge is 2.29. The van der Waals surface area contributed by atoms with E-state index >= 15 is 0 Å². The van der Waals surface area contributed by atoms with E-state index in [-0.39, 0.29) is 5.91 Å². The number of likely N-dealkylation sites (tertiary alicyclic amines) is 1. The maximum atomic E-state index is 12.5. The Morgan fingerprint density at radius 2 is 2.21 bits per heavy atom. The fourth-order valence-electron chi connectivity index (χ4n) is 3.21. The van der Waals surface area contributed by atoms with Crippen LogP contribution in [0.5, 0.6) is 0 Å². The van der Waals surface area contributed by atoms with E-state index in [1.807, 2.05) is 11.8 Å². The minimum Gasteiger partial charge on any atom is -0.342 e. The SMILES string of the molecule is Cc1csc(C2CCCN(C(=O)CCc3nc(C4CC4)no3)C2)n1. The zero-order valence-corrected chi connectivity index (χ0v) is 14.7. The molecule has 24 heavy (non-hydrogen) atoms. The smallest absolute Gasteiger partial charge is 0.227 e. The van der Waals surface area contributed by atoms with Gasteiger partial charge in [0, 0.05) is 48.8 Å². The van der Waals surface area contributed by atoms with Crippen molar-refractivity contribution in [2.75, 3.05) is 13.1 Å². The second-order valence-electron chi connectivity index (χ2n) is 6.83. The number of nitrogens with zero attached hydrogens (tertiary/aromatic N) is 4. The topological polar surface area (TPSA) is 72.1 Å². The van der Waals surface area contributed by atoms with E-state index in [4.69, 9.17) is 4.52 Å². The van der Waals surface area contributed by atoms with Crippen molar-refractivity contribution >= 4 is 17.2 Å². The van der Waals surface area contributed by atoms with Gasteiger partial charge in [-0.1, -0.05) is 5.16 Å². The fourth-order valence-corrected chi connectivity index (χ4v) is 4.14. The number of aromatic nitrogens is 3. The second-order valence-corrected chi connectivity index (χ2v) is 7.72. The highest BCUT2D eigenvalue weighted by Crippen LogP contribution is 2.38. The van der Waals surface area contributed by atoms with Crippen molar-refractivity contribution in [1.29, 1.82) is 0 Å². The van der Waals surface area contributed by atoms with Crippen LogP contribution < -0.4 is 0 Å². The van der Waals surface area contributed by atoms with E-state index in [9.17, 15) is 4.79 Å². The highest BCUT2D eigenvalue weighted by molar-refractivity contribution is 7.09. The molecular formula is C17H22N4O2S. The number of amides is 1. The molecule has 1 aliphatic heterocycles. The molecule has 2 aliphatic rings. The van der Waals surface area contributed by atoms with E-state index in [0.29, 0.717) is 30.6 Å². The maximum Gasteiger partial charge on any atom is 0.227 e. The summed E-state index contributed by atoms with van der Waals surface area (Å²) in [6.07, 6.45) is 5.45. The third kappa shape index (κ3) is 3.50. The molecule has 3 heterocycles. The van der Waals surface area contributed by atoms with Crippen molar-refractivity contribution in [3.63, 3.8) is 0 Å². The van der Waals surface area contributed by atoms with E-state index in [1.165, 1.54) is 0 Å². The van der Waals surface area contributed by atoms with Crippen LogP contribution in [0.25, 0.3) is 0 Å². The van der Waals surface area contributed by atoms with Crippen molar-refractivity contribution in [2.24, 2.45) is 0 Å². The number of hydrogen-bond acceptors (Lipinski definition) is 6. The number of carbonyl (C=O) groups is 1. The fraction of sp³-hybridized carbons (Fsp3) is 0.647. The van der Waals surface area contributed by atoms with Crippen LogP contribution in [0.4, 0.5) is 0 Å². The Balaban J connectivity index is 1.31. The van der Waals surface area contributed by atoms with Crippen LogP contribution in [0.3, 0.4) is 0 Å². The molecule has 2 aromatic heterocycles. The van der Waals surface area contributed by atoms with Gasteiger partial charge < -0.3 is 9.42 Å².